The van der Waals surface area contributed by atoms with Gasteiger partial charge in [0.1, 0.15) is 11.6 Å². The second-order valence-electron chi connectivity index (χ2n) is 6.18. The van der Waals surface area contributed by atoms with E-state index >= 15 is 0 Å². The van der Waals surface area contributed by atoms with Crippen LogP contribution in [0.2, 0.25) is 0 Å². The van der Waals surface area contributed by atoms with Crippen LogP contribution in [0.15, 0.2) is 18.2 Å². The van der Waals surface area contributed by atoms with Crippen LogP contribution < -0.4 is 5.32 Å². The summed E-state index contributed by atoms with van der Waals surface area (Å²) in [5.41, 5.74) is -0.328. The first kappa shape index (κ1) is 16.3. The lowest BCUT2D eigenvalue weighted by Crippen LogP contribution is -2.52. The zero-order valence-electron chi connectivity index (χ0n) is 12.3. The molecule has 1 atom stereocenters. The van der Waals surface area contributed by atoms with E-state index in [-0.39, 0.29) is 18.7 Å². The molecule has 1 aromatic rings. The van der Waals surface area contributed by atoms with Gasteiger partial charge in [0.2, 0.25) is 0 Å². The van der Waals surface area contributed by atoms with E-state index in [1.54, 1.807) is 0 Å². The maximum Gasteiger partial charge on any atom is 0.131 e. The van der Waals surface area contributed by atoms with Gasteiger partial charge in [-0.15, -0.1) is 0 Å². The first-order chi connectivity index (χ1) is 9.96. The Bertz CT molecular complexity index is 473. The fraction of sp³-hybridized carbons (Fsp3) is 0.625. The van der Waals surface area contributed by atoms with Crippen LogP contribution in [0.3, 0.4) is 0 Å². The third-order valence-corrected chi connectivity index (χ3v) is 4.53. The number of β-amino-alcohol motifs (C(OH)–C–C–N with tert-alkyl or cyclic N) is 1. The van der Waals surface area contributed by atoms with Gasteiger partial charge in [-0.1, -0.05) is 13.0 Å². The molecule has 0 bridgehead atoms. The molecule has 1 aliphatic carbocycles. The van der Waals surface area contributed by atoms with Crippen LogP contribution in [0, 0.1) is 17.6 Å². The van der Waals surface area contributed by atoms with Gasteiger partial charge < -0.3 is 15.5 Å². The molecule has 118 valence electrons. The number of benzene rings is 1. The average Bonchev–Trinajstić information content (AvgIpc) is 2.47. The van der Waals surface area contributed by atoms with E-state index in [4.69, 9.17) is 0 Å². The van der Waals surface area contributed by atoms with E-state index in [1.165, 1.54) is 6.07 Å². The van der Waals surface area contributed by atoms with Gasteiger partial charge >= 0.3 is 0 Å². The molecule has 5 heteroatoms. The molecular formula is C16H23F2NO2. The molecule has 0 saturated heterocycles. The molecule has 0 spiro atoms. The van der Waals surface area contributed by atoms with Crippen molar-refractivity contribution in [2.45, 2.75) is 44.2 Å². The van der Waals surface area contributed by atoms with Gasteiger partial charge in [0.05, 0.1) is 12.7 Å². The molecule has 0 heterocycles. The summed E-state index contributed by atoms with van der Waals surface area (Å²) in [6, 6.07) is 3.15. The monoisotopic (exact) mass is 299 g/mol. The van der Waals surface area contributed by atoms with Crippen molar-refractivity contribution in [2.24, 2.45) is 5.92 Å². The Morgan fingerprint density at radius 2 is 2.00 bits per heavy atom. The fourth-order valence-corrected chi connectivity index (χ4v) is 2.90. The van der Waals surface area contributed by atoms with Crippen molar-refractivity contribution in [1.82, 2.24) is 5.32 Å². The summed E-state index contributed by atoms with van der Waals surface area (Å²) in [6.45, 7) is 2.32. The first-order valence-electron chi connectivity index (χ1n) is 7.45. The predicted octanol–water partition coefficient (Wildman–Crippen LogP) is 2.53. The lowest BCUT2D eigenvalue weighted by atomic mass is 9.77. The molecule has 0 radical (unpaired) electrons. The molecule has 0 aliphatic heterocycles. The standard InChI is InChI=1S/C16H23F2NO2/c1-11-4-6-16(10-20,7-5-11)19-9-15(21)13-3-2-12(17)8-14(13)18/h2-3,8,11,15,19-21H,4-7,9-10H2,1H3. The van der Waals surface area contributed by atoms with Gasteiger partial charge in [0.25, 0.3) is 0 Å². The third-order valence-electron chi connectivity index (χ3n) is 4.53. The Balaban J connectivity index is 1.97. The second-order valence-corrected chi connectivity index (χ2v) is 6.18. The highest BCUT2D eigenvalue weighted by molar-refractivity contribution is 5.21. The van der Waals surface area contributed by atoms with Gasteiger partial charge in [-0.2, -0.15) is 0 Å². The lowest BCUT2D eigenvalue weighted by molar-refractivity contribution is 0.0827. The number of hydrogen-bond acceptors (Lipinski definition) is 3. The van der Waals surface area contributed by atoms with Crippen molar-refractivity contribution >= 4 is 0 Å². The van der Waals surface area contributed by atoms with E-state index in [1.807, 2.05) is 0 Å². The van der Waals surface area contributed by atoms with Gasteiger partial charge in [-0.25, -0.2) is 8.78 Å². The topological polar surface area (TPSA) is 52.5 Å². The maximum absolute atomic E-state index is 13.6. The van der Waals surface area contributed by atoms with Gasteiger partial charge in [0.15, 0.2) is 0 Å². The maximum atomic E-state index is 13.6. The number of halogens is 2. The number of nitrogens with one attached hydrogen (secondary N) is 1. The van der Waals surface area contributed by atoms with Crippen LogP contribution in [-0.2, 0) is 0 Å². The van der Waals surface area contributed by atoms with Crippen molar-refractivity contribution in [3.8, 4) is 0 Å². The Labute approximate surface area is 124 Å². The molecule has 3 nitrogen and oxygen atoms in total. The van der Waals surface area contributed by atoms with Crippen LogP contribution in [0.25, 0.3) is 0 Å². The van der Waals surface area contributed by atoms with Crippen LogP contribution in [0.1, 0.15) is 44.3 Å². The average molecular weight is 299 g/mol. The molecule has 1 unspecified atom stereocenters. The van der Waals surface area contributed by atoms with Crippen LogP contribution in [0.5, 0.6) is 0 Å². The lowest BCUT2D eigenvalue weighted by Gasteiger charge is -2.39. The summed E-state index contributed by atoms with van der Waals surface area (Å²) in [5, 5.41) is 22.9. The van der Waals surface area contributed by atoms with E-state index < -0.39 is 23.3 Å². The van der Waals surface area contributed by atoms with Gasteiger partial charge in [0, 0.05) is 23.7 Å². The minimum atomic E-state index is -1.06. The Morgan fingerprint density at radius 1 is 1.33 bits per heavy atom. The van der Waals surface area contributed by atoms with E-state index in [9.17, 15) is 19.0 Å². The predicted molar refractivity (Wildman–Crippen MR) is 76.8 cm³/mol. The fourth-order valence-electron chi connectivity index (χ4n) is 2.90. The molecule has 0 aromatic heterocycles. The van der Waals surface area contributed by atoms with E-state index in [0.717, 1.165) is 37.8 Å². The third kappa shape index (κ3) is 3.99. The van der Waals surface area contributed by atoms with Crippen molar-refractivity contribution in [2.75, 3.05) is 13.2 Å². The Kier molecular flexibility index (Phi) is 5.30. The van der Waals surface area contributed by atoms with Crippen molar-refractivity contribution < 1.29 is 19.0 Å². The number of hydrogen-bond donors (Lipinski definition) is 3. The SMILES string of the molecule is CC1CCC(CO)(NCC(O)c2ccc(F)cc2F)CC1. The van der Waals surface area contributed by atoms with Gasteiger partial charge in [-0.05, 0) is 37.7 Å². The van der Waals surface area contributed by atoms with Crippen molar-refractivity contribution in [3.63, 3.8) is 0 Å². The molecule has 1 fully saturated rings. The normalized spacial score (nSPS) is 27.6. The summed E-state index contributed by atoms with van der Waals surface area (Å²) in [7, 11) is 0. The molecule has 1 saturated carbocycles. The summed E-state index contributed by atoms with van der Waals surface area (Å²) >= 11 is 0. The second kappa shape index (κ2) is 6.81. The van der Waals surface area contributed by atoms with E-state index in [0.29, 0.717) is 5.92 Å². The Morgan fingerprint density at radius 3 is 2.57 bits per heavy atom. The molecule has 1 aromatic carbocycles. The molecular weight excluding hydrogens is 276 g/mol. The first-order valence-corrected chi connectivity index (χ1v) is 7.45. The molecule has 2 rings (SSSR count). The zero-order valence-corrected chi connectivity index (χ0v) is 12.3. The van der Waals surface area contributed by atoms with Crippen LogP contribution in [0.4, 0.5) is 8.78 Å². The zero-order chi connectivity index (χ0) is 15.5. The minimum absolute atomic E-state index is 0.00165. The van der Waals surface area contributed by atoms with Crippen molar-refractivity contribution in [3.05, 3.63) is 35.4 Å². The Hall–Kier alpha value is -1.04. The summed E-state index contributed by atoms with van der Waals surface area (Å²) < 4.78 is 26.5. The highest BCUT2D eigenvalue weighted by atomic mass is 19.1. The number of rotatable bonds is 5. The number of aliphatic hydroxyl groups is 2. The summed E-state index contributed by atoms with van der Waals surface area (Å²) in [4.78, 5) is 0. The minimum Gasteiger partial charge on any atom is -0.394 e. The molecule has 1 aliphatic rings. The largest absolute Gasteiger partial charge is 0.394 e. The quantitative estimate of drug-likeness (QED) is 0.783. The van der Waals surface area contributed by atoms with Crippen LogP contribution >= 0.6 is 0 Å². The van der Waals surface area contributed by atoms with E-state index in [2.05, 4.69) is 12.2 Å². The smallest absolute Gasteiger partial charge is 0.131 e. The van der Waals surface area contributed by atoms with Gasteiger partial charge in [-0.3, -0.25) is 0 Å². The number of aliphatic hydroxyl groups excluding tert-OH is 2. The van der Waals surface area contributed by atoms with Crippen molar-refractivity contribution in [1.29, 1.82) is 0 Å². The molecule has 3 N–H and O–H groups in total. The summed E-state index contributed by atoms with van der Waals surface area (Å²) in [6.07, 6.45) is 2.66. The van der Waals surface area contributed by atoms with Crippen LogP contribution in [-0.4, -0.2) is 28.9 Å². The highest BCUT2D eigenvalue weighted by Crippen LogP contribution is 2.32. The molecule has 21 heavy (non-hydrogen) atoms. The summed E-state index contributed by atoms with van der Waals surface area (Å²) in [5.74, 6) is -0.768. The highest BCUT2D eigenvalue weighted by Gasteiger charge is 2.33. The molecule has 0 amide bonds.